The lowest BCUT2D eigenvalue weighted by atomic mass is 10.1. The van der Waals surface area contributed by atoms with Gasteiger partial charge < -0.3 is 10.6 Å². The van der Waals surface area contributed by atoms with Crippen LogP contribution in [0.15, 0.2) is 12.2 Å². The molecule has 0 aromatic rings. The van der Waals surface area contributed by atoms with E-state index in [1.807, 2.05) is 0 Å². The van der Waals surface area contributed by atoms with Crippen molar-refractivity contribution in [3.05, 3.63) is 12.2 Å². The normalized spacial score (nSPS) is 22.1. The molecule has 1 heterocycles. The fourth-order valence-electron chi connectivity index (χ4n) is 1.41. The smallest absolute Gasteiger partial charge is 0.246 e. The SMILES string of the molecule is C=C(C)C(=O)NC1CCCNC(=O)C1. The first-order chi connectivity index (χ1) is 6.59. The van der Waals surface area contributed by atoms with E-state index in [1.165, 1.54) is 0 Å². The van der Waals surface area contributed by atoms with Gasteiger partial charge in [-0.3, -0.25) is 9.59 Å². The zero-order chi connectivity index (χ0) is 10.6. The van der Waals surface area contributed by atoms with Gasteiger partial charge in [-0.1, -0.05) is 6.58 Å². The largest absolute Gasteiger partial charge is 0.356 e. The molecule has 1 aliphatic rings. The van der Waals surface area contributed by atoms with Gasteiger partial charge in [0.2, 0.25) is 11.8 Å². The summed E-state index contributed by atoms with van der Waals surface area (Å²) in [5.74, 6) is -0.154. The zero-order valence-electron chi connectivity index (χ0n) is 8.43. The second-order valence-corrected chi connectivity index (χ2v) is 3.65. The Balaban J connectivity index is 2.46. The lowest BCUT2D eigenvalue weighted by molar-refractivity contribution is -0.121. The quantitative estimate of drug-likeness (QED) is 0.626. The molecule has 0 radical (unpaired) electrons. The molecule has 2 amide bonds. The van der Waals surface area contributed by atoms with E-state index < -0.39 is 0 Å². The highest BCUT2D eigenvalue weighted by Crippen LogP contribution is 2.06. The van der Waals surface area contributed by atoms with Crippen LogP contribution in [0.3, 0.4) is 0 Å². The van der Waals surface area contributed by atoms with Crippen LogP contribution in [0.25, 0.3) is 0 Å². The van der Waals surface area contributed by atoms with E-state index in [-0.39, 0.29) is 17.9 Å². The predicted molar refractivity (Wildman–Crippen MR) is 53.6 cm³/mol. The van der Waals surface area contributed by atoms with Crippen LogP contribution in [0, 0.1) is 0 Å². The molecule has 78 valence electrons. The van der Waals surface area contributed by atoms with Gasteiger partial charge in [-0.15, -0.1) is 0 Å². The summed E-state index contributed by atoms with van der Waals surface area (Å²) >= 11 is 0. The van der Waals surface area contributed by atoms with Gasteiger partial charge in [0.15, 0.2) is 0 Å². The van der Waals surface area contributed by atoms with Gasteiger partial charge in [0.25, 0.3) is 0 Å². The Morgan fingerprint density at radius 1 is 1.64 bits per heavy atom. The lowest BCUT2D eigenvalue weighted by Crippen LogP contribution is -2.37. The summed E-state index contributed by atoms with van der Waals surface area (Å²) in [5.41, 5.74) is 0.481. The summed E-state index contributed by atoms with van der Waals surface area (Å²) < 4.78 is 0. The Kier molecular flexibility index (Phi) is 3.68. The van der Waals surface area contributed by atoms with E-state index in [4.69, 9.17) is 0 Å². The molecule has 2 N–H and O–H groups in total. The van der Waals surface area contributed by atoms with Gasteiger partial charge >= 0.3 is 0 Å². The van der Waals surface area contributed by atoms with E-state index in [9.17, 15) is 9.59 Å². The highest BCUT2D eigenvalue weighted by atomic mass is 16.2. The minimum absolute atomic E-state index is 0.00881. The number of rotatable bonds is 2. The summed E-state index contributed by atoms with van der Waals surface area (Å²) in [7, 11) is 0. The van der Waals surface area contributed by atoms with Gasteiger partial charge in [-0.25, -0.2) is 0 Å². The van der Waals surface area contributed by atoms with Crippen molar-refractivity contribution in [3.8, 4) is 0 Å². The molecule has 1 rings (SSSR count). The second-order valence-electron chi connectivity index (χ2n) is 3.65. The number of hydrogen-bond acceptors (Lipinski definition) is 2. The Bertz CT molecular complexity index is 261. The zero-order valence-corrected chi connectivity index (χ0v) is 8.43. The Morgan fingerprint density at radius 2 is 2.36 bits per heavy atom. The van der Waals surface area contributed by atoms with Gasteiger partial charge in [-0.2, -0.15) is 0 Å². The highest BCUT2D eigenvalue weighted by molar-refractivity contribution is 5.92. The number of amides is 2. The second kappa shape index (κ2) is 4.79. The van der Waals surface area contributed by atoms with Gasteiger partial charge in [0.1, 0.15) is 0 Å². The van der Waals surface area contributed by atoms with E-state index in [0.29, 0.717) is 18.5 Å². The van der Waals surface area contributed by atoms with Crippen LogP contribution in [0.5, 0.6) is 0 Å². The van der Waals surface area contributed by atoms with Crippen molar-refractivity contribution in [3.63, 3.8) is 0 Å². The molecule has 14 heavy (non-hydrogen) atoms. The molecule has 0 spiro atoms. The van der Waals surface area contributed by atoms with Crippen LogP contribution < -0.4 is 10.6 Å². The summed E-state index contributed by atoms with van der Waals surface area (Å²) in [6, 6.07) is -0.0401. The summed E-state index contributed by atoms with van der Waals surface area (Å²) in [5, 5.41) is 5.55. The van der Waals surface area contributed by atoms with E-state index >= 15 is 0 Å². The Labute approximate surface area is 83.8 Å². The first-order valence-corrected chi connectivity index (χ1v) is 4.82. The van der Waals surface area contributed by atoms with Crippen molar-refractivity contribution < 1.29 is 9.59 Å². The van der Waals surface area contributed by atoms with Crippen LogP contribution in [-0.4, -0.2) is 24.4 Å². The van der Waals surface area contributed by atoms with Crippen molar-refractivity contribution in [2.75, 3.05) is 6.54 Å². The molecule has 0 bridgehead atoms. The maximum atomic E-state index is 11.3. The molecule has 1 aliphatic heterocycles. The molecule has 4 nitrogen and oxygen atoms in total. The van der Waals surface area contributed by atoms with Crippen LogP contribution in [-0.2, 0) is 9.59 Å². The molecule has 0 aliphatic carbocycles. The third kappa shape index (κ3) is 3.20. The van der Waals surface area contributed by atoms with Crippen LogP contribution >= 0.6 is 0 Å². The van der Waals surface area contributed by atoms with Crippen molar-refractivity contribution >= 4 is 11.8 Å². The highest BCUT2D eigenvalue weighted by Gasteiger charge is 2.18. The molecular formula is C10H16N2O2. The monoisotopic (exact) mass is 196 g/mol. The average Bonchev–Trinajstić information content (AvgIpc) is 2.29. The van der Waals surface area contributed by atoms with Crippen LogP contribution in [0.2, 0.25) is 0 Å². The van der Waals surface area contributed by atoms with Crippen LogP contribution in [0.4, 0.5) is 0 Å². The summed E-state index contributed by atoms with van der Waals surface area (Å²) in [4.78, 5) is 22.4. The minimum Gasteiger partial charge on any atom is -0.356 e. The first kappa shape index (κ1) is 10.8. The van der Waals surface area contributed by atoms with Crippen molar-refractivity contribution in [2.24, 2.45) is 0 Å². The topological polar surface area (TPSA) is 58.2 Å². The summed E-state index contributed by atoms with van der Waals surface area (Å²) in [6.07, 6.45) is 2.13. The van der Waals surface area contributed by atoms with Crippen molar-refractivity contribution in [1.82, 2.24) is 10.6 Å². The molecule has 0 saturated carbocycles. The fraction of sp³-hybridized carbons (Fsp3) is 0.600. The lowest BCUT2D eigenvalue weighted by Gasteiger charge is -2.14. The van der Waals surface area contributed by atoms with E-state index in [0.717, 1.165) is 12.8 Å². The average molecular weight is 196 g/mol. The number of carbonyl (C=O) groups excluding carboxylic acids is 2. The number of hydrogen-bond donors (Lipinski definition) is 2. The minimum atomic E-state index is -0.162. The van der Waals surface area contributed by atoms with E-state index in [1.54, 1.807) is 6.92 Å². The molecule has 1 unspecified atom stereocenters. The molecule has 1 fully saturated rings. The van der Waals surface area contributed by atoms with Gasteiger partial charge in [0.05, 0.1) is 0 Å². The molecule has 1 atom stereocenters. The van der Waals surface area contributed by atoms with Gasteiger partial charge in [0, 0.05) is 24.6 Å². The van der Waals surface area contributed by atoms with E-state index in [2.05, 4.69) is 17.2 Å². The van der Waals surface area contributed by atoms with Crippen molar-refractivity contribution in [1.29, 1.82) is 0 Å². The molecule has 0 aromatic heterocycles. The van der Waals surface area contributed by atoms with Crippen molar-refractivity contribution in [2.45, 2.75) is 32.2 Å². The first-order valence-electron chi connectivity index (χ1n) is 4.82. The van der Waals surface area contributed by atoms with Crippen LogP contribution in [0.1, 0.15) is 26.2 Å². The number of carbonyl (C=O) groups is 2. The Hall–Kier alpha value is -1.32. The third-order valence-corrected chi connectivity index (χ3v) is 2.21. The maximum Gasteiger partial charge on any atom is 0.246 e. The number of nitrogens with one attached hydrogen (secondary N) is 2. The maximum absolute atomic E-state index is 11.3. The Morgan fingerprint density at radius 3 is 3.00 bits per heavy atom. The molecule has 4 heteroatoms. The summed E-state index contributed by atoms with van der Waals surface area (Å²) in [6.45, 7) is 5.92. The third-order valence-electron chi connectivity index (χ3n) is 2.21. The molecule has 1 saturated heterocycles. The molecular weight excluding hydrogens is 180 g/mol. The van der Waals surface area contributed by atoms with Gasteiger partial charge in [-0.05, 0) is 19.8 Å². The fourth-order valence-corrected chi connectivity index (χ4v) is 1.41. The predicted octanol–water partition coefficient (Wildman–Crippen LogP) is 0.347. The standard InChI is InChI=1S/C10H16N2O2/c1-7(2)10(14)12-8-4-3-5-11-9(13)6-8/h8H,1,3-6H2,2H3,(H,11,13)(H,12,14). The molecule has 0 aromatic carbocycles.